The fourth-order valence-electron chi connectivity index (χ4n) is 3.63. The molecule has 3 aromatic rings. The highest BCUT2D eigenvalue weighted by Gasteiger charge is 2.46. The van der Waals surface area contributed by atoms with Gasteiger partial charge in [-0.3, -0.25) is 0 Å². The second-order valence-electron chi connectivity index (χ2n) is 7.66. The van der Waals surface area contributed by atoms with E-state index in [2.05, 4.69) is 6.58 Å². The molecule has 5 heteroatoms. The summed E-state index contributed by atoms with van der Waals surface area (Å²) in [4.78, 5) is 25.7. The first-order chi connectivity index (χ1) is 15.5. The van der Waals surface area contributed by atoms with Crippen LogP contribution in [0.1, 0.15) is 26.7 Å². The molecule has 4 nitrogen and oxygen atoms in total. The fraction of sp³-hybridized carbons (Fsp3) is 0.185. The van der Waals surface area contributed by atoms with Crippen molar-refractivity contribution < 1.29 is 18.8 Å². The maximum Gasteiger partial charge on any atom is 0.350 e. The molecule has 3 rings (SSSR count). The van der Waals surface area contributed by atoms with Crippen molar-refractivity contribution in [2.24, 2.45) is 0 Å². The van der Waals surface area contributed by atoms with E-state index < -0.39 is 26.4 Å². The highest BCUT2D eigenvalue weighted by atomic mass is 28.4. The molecule has 0 N–H and O–H groups in total. The lowest BCUT2D eigenvalue weighted by atomic mass is 10.2. The second kappa shape index (κ2) is 10.7. The average molecular weight is 445 g/mol. The van der Waals surface area contributed by atoms with Crippen molar-refractivity contribution in [1.82, 2.24) is 0 Å². The molecule has 0 bridgehead atoms. The van der Waals surface area contributed by atoms with E-state index in [1.165, 1.54) is 0 Å². The Bertz CT molecular complexity index is 952. The quantitative estimate of drug-likeness (QED) is 0.219. The zero-order valence-electron chi connectivity index (χ0n) is 18.5. The van der Waals surface area contributed by atoms with Gasteiger partial charge in [-0.1, -0.05) is 111 Å². The van der Waals surface area contributed by atoms with Crippen LogP contribution < -0.4 is 15.6 Å². The van der Waals surface area contributed by atoms with Gasteiger partial charge in [0.1, 0.15) is 0 Å². The van der Waals surface area contributed by atoms with Crippen molar-refractivity contribution in [2.75, 3.05) is 0 Å². The van der Waals surface area contributed by atoms with E-state index in [4.69, 9.17) is 9.16 Å². The molecule has 164 valence electrons. The first-order valence-corrected chi connectivity index (χ1v) is 12.7. The fourth-order valence-corrected chi connectivity index (χ4v) is 7.40. The Labute approximate surface area is 190 Å². The van der Waals surface area contributed by atoms with Crippen molar-refractivity contribution in [3.05, 3.63) is 103 Å². The molecular formula is C27H28O4Si. The monoisotopic (exact) mass is 444 g/mol. The van der Waals surface area contributed by atoms with Crippen molar-refractivity contribution in [1.29, 1.82) is 0 Å². The van der Waals surface area contributed by atoms with Crippen LogP contribution in [0.5, 0.6) is 0 Å². The molecule has 0 aromatic heterocycles. The van der Waals surface area contributed by atoms with Gasteiger partial charge in [0, 0.05) is 5.57 Å². The first-order valence-electron chi connectivity index (χ1n) is 10.7. The highest BCUT2D eigenvalue weighted by Crippen LogP contribution is 2.15. The molecule has 0 heterocycles. The molecule has 0 aliphatic rings. The minimum atomic E-state index is -3.22. The first kappa shape index (κ1) is 23.2. The Kier molecular flexibility index (Phi) is 7.79. The van der Waals surface area contributed by atoms with Crippen LogP contribution in [0.2, 0.25) is 0 Å². The van der Waals surface area contributed by atoms with Crippen LogP contribution in [0.15, 0.2) is 103 Å². The number of hydrogen-bond donors (Lipinski definition) is 0. The minimum Gasteiger partial charge on any atom is -0.503 e. The second-order valence-corrected chi connectivity index (χ2v) is 11.0. The van der Waals surface area contributed by atoms with Gasteiger partial charge in [-0.05, 0) is 28.9 Å². The van der Waals surface area contributed by atoms with Crippen molar-refractivity contribution in [3.63, 3.8) is 0 Å². The van der Waals surface area contributed by atoms with Gasteiger partial charge in [0.25, 0.3) is 0 Å². The van der Waals surface area contributed by atoms with E-state index in [-0.39, 0.29) is 5.57 Å². The van der Waals surface area contributed by atoms with Gasteiger partial charge in [0.05, 0.1) is 0 Å². The van der Waals surface area contributed by atoms with Gasteiger partial charge in [0.2, 0.25) is 0 Å². The molecule has 0 fully saturated rings. The third-order valence-corrected chi connectivity index (χ3v) is 9.15. The molecule has 0 amide bonds. The van der Waals surface area contributed by atoms with E-state index in [0.29, 0.717) is 12.8 Å². The standard InChI is InChI=1S/C27H28O4Si/c1-4-14-25(30-26(28)21(2)3)27(29)31-32(22-15-8-5-9-16-22,23-17-10-6-11-18-23)24-19-12-7-13-20-24/h5-13,15-20,25H,2,4,14H2,1,3H3. The molecule has 1 atom stereocenters. The Morgan fingerprint density at radius 3 is 1.56 bits per heavy atom. The van der Waals surface area contributed by atoms with Gasteiger partial charge < -0.3 is 9.16 Å². The summed E-state index contributed by atoms with van der Waals surface area (Å²) in [6, 6.07) is 29.5. The van der Waals surface area contributed by atoms with E-state index in [0.717, 1.165) is 15.6 Å². The summed E-state index contributed by atoms with van der Waals surface area (Å²) in [6.45, 7) is 7.13. The molecule has 1 unspecified atom stereocenters. The molecule has 0 radical (unpaired) electrons. The number of benzene rings is 3. The predicted molar refractivity (Wildman–Crippen MR) is 130 cm³/mol. The molecule has 0 spiro atoms. The Morgan fingerprint density at radius 1 is 0.812 bits per heavy atom. The third-order valence-electron chi connectivity index (χ3n) is 5.21. The molecule has 0 saturated heterocycles. The molecule has 0 aliphatic carbocycles. The number of carbonyl (C=O) groups excluding carboxylic acids is 2. The van der Waals surface area contributed by atoms with Gasteiger partial charge in [-0.15, -0.1) is 0 Å². The third kappa shape index (κ3) is 5.06. The van der Waals surface area contributed by atoms with Crippen LogP contribution in [-0.4, -0.2) is 26.4 Å². The molecule has 3 aromatic carbocycles. The number of carbonyl (C=O) groups is 2. The van der Waals surface area contributed by atoms with E-state index in [1.54, 1.807) is 6.92 Å². The topological polar surface area (TPSA) is 52.6 Å². The number of rotatable bonds is 9. The number of hydrogen-bond acceptors (Lipinski definition) is 4. The van der Waals surface area contributed by atoms with Crippen molar-refractivity contribution >= 4 is 35.8 Å². The number of esters is 1. The Hall–Kier alpha value is -3.44. The molecule has 0 aliphatic heterocycles. The van der Waals surface area contributed by atoms with Crippen molar-refractivity contribution in [3.8, 4) is 0 Å². The van der Waals surface area contributed by atoms with Crippen LogP contribution in [0.3, 0.4) is 0 Å². The van der Waals surface area contributed by atoms with Gasteiger partial charge >= 0.3 is 20.3 Å². The largest absolute Gasteiger partial charge is 0.503 e. The van der Waals surface area contributed by atoms with E-state index >= 15 is 0 Å². The average Bonchev–Trinajstić information content (AvgIpc) is 2.83. The zero-order chi connectivity index (χ0) is 23.0. The zero-order valence-corrected chi connectivity index (χ0v) is 19.5. The Balaban J connectivity index is 2.15. The van der Waals surface area contributed by atoms with Gasteiger partial charge in [-0.25, -0.2) is 9.59 Å². The smallest absolute Gasteiger partial charge is 0.350 e. The van der Waals surface area contributed by atoms with Gasteiger partial charge in [0.15, 0.2) is 6.10 Å². The summed E-state index contributed by atoms with van der Waals surface area (Å²) in [5, 5.41) is 2.81. The lowest BCUT2D eigenvalue weighted by Crippen LogP contribution is -2.70. The van der Waals surface area contributed by atoms with E-state index in [9.17, 15) is 9.59 Å². The summed E-state index contributed by atoms with van der Waals surface area (Å²) in [5.74, 6) is -1.13. The van der Waals surface area contributed by atoms with Crippen molar-refractivity contribution in [2.45, 2.75) is 32.8 Å². The van der Waals surface area contributed by atoms with Crippen LogP contribution in [0.4, 0.5) is 0 Å². The molecular weight excluding hydrogens is 416 g/mol. The maximum atomic E-state index is 13.5. The normalized spacial score (nSPS) is 11.9. The lowest BCUT2D eigenvalue weighted by molar-refractivity contribution is -0.160. The SMILES string of the molecule is C=C(C)C(=O)OC(CCC)C(=O)O[Si](c1ccccc1)(c1ccccc1)c1ccccc1. The van der Waals surface area contributed by atoms with Crippen LogP contribution in [0.25, 0.3) is 0 Å². The predicted octanol–water partition coefficient (Wildman–Crippen LogP) is 3.48. The van der Waals surface area contributed by atoms with Gasteiger partial charge in [-0.2, -0.15) is 0 Å². The minimum absolute atomic E-state index is 0.247. The Morgan fingerprint density at radius 2 is 1.22 bits per heavy atom. The van der Waals surface area contributed by atoms with Crippen LogP contribution >= 0.6 is 0 Å². The summed E-state index contributed by atoms with van der Waals surface area (Å²) >= 11 is 0. The maximum absolute atomic E-state index is 13.5. The molecule has 32 heavy (non-hydrogen) atoms. The molecule has 0 saturated carbocycles. The van der Waals surface area contributed by atoms with E-state index in [1.807, 2.05) is 97.9 Å². The van der Waals surface area contributed by atoms with Crippen LogP contribution in [0, 0.1) is 0 Å². The summed E-state index contributed by atoms with van der Waals surface area (Å²) in [7, 11) is -3.22. The summed E-state index contributed by atoms with van der Waals surface area (Å²) in [5.41, 5.74) is 0.247. The highest BCUT2D eigenvalue weighted by molar-refractivity contribution is 7.07. The summed E-state index contributed by atoms with van der Waals surface area (Å²) < 4.78 is 12.0. The summed E-state index contributed by atoms with van der Waals surface area (Å²) in [6.07, 6.45) is 0.0488. The lowest BCUT2D eigenvalue weighted by Gasteiger charge is -2.33. The number of ether oxygens (including phenoxy) is 1. The van der Waals surface area contributed by atoms with Crippen LogP contribution in [-0.2, 0) is 18.8 Å².